The third kappa shape index (κ3) is 18.7. The molecule has 6 atom stereocenters. The molecule has 0 aromatic carbocycles. The Bertz CT molecular complexity index is 585. The molecule has 1 aliphatic heterocycles. The van der Waals surface area contributed by atoms with Crippen LogP contribution in [0.3, 0.4) is 0 Å². The monoisotopic (exact) mass is 574 g/mol. The van der Waals surface area contributed by atoms with E-state index >= 15 is 0 Å². The minimum absolute atomic E-state index is 0.0638. The Kier molecular flexibility index (Phi) is 23.3. The fourth-order valence-electron chi connectivity index (χ4n) is 5.39. The Morgan fingerprint density at radius 1 is 0.650 bits per heavy atom. The van der Waals surface area contributed by atoms with Crippen LogP contribution in [0.5, 0.6) is 0 Å². The lowest BCUT2D eigenvalue weighted by Gasteiger charge is -2.39. The summed E-state index contributed by atoms with van der Waals surface area (Å²) in [4.78, 5) is 12.1. The average Bonchev–Trinajstić information content (AvgIpc) is 2.93. The highest BCUT2D eigenvalue weighted by Crippen LogP contribution is 2.22. The van der Waals surface area contributed by atoms with Crippen molar-refractivity contribution in [2.75, 3.05) is 13.2 Å². The van der Waals surface area contributed by atoms with Crippen molar-refractivity contribution in [2.45, 2.75) is 185 Å². The zero-order valence-electron chi connectivity index (χ0n) is 25.4. The standard InChI is InChI=1S/C32H62O8/c1-26(34)21-19-17-15-13-11-9-7-5-3-2-4-6-8-10-12-14-16-18-20-22-27(35)23-24-39-32-31(38)30(37)29(36)28(25-33)40-32/h26,28-34,36-38H,2-25H2,1H3. The lowest BCUT2D eigenvalue weighted by molar-refractivity contribution is -0.300. The first-order valence-electron chi connectivity index (χ1n) is 16.5. The van der Waals surface area contributed by atoms with Gasteiger partial charge in [0.15, 0.2) is 6.29 Å². The molecule has 0 bridgehead atoms. The van der Waals surface area contributed by atoms with Gasteiger partial charge in [-0.15, -0.1) is 0 Å². The number of aliphatic hydroxyl groups is 5. The third-order valence-corrected chi connectivity index (χ3v) is 8.09. The zero-order valence-corrected chi connectivity index (χ0v) is 25.4. The first-order valence-corrected chi connectivity index (χ1v) is 16.5. The van der Waals surface area contributed by atoms with E-state index in [0.717, 1.165) is 25.7 Å². The Hall–Kier alpha value is -0.610. The van der Waals surface area contributed by atoms with Gasteiger partial charge in [-0.3, -0.25) is 4.79 Å². The molecular weight excluding hydrogens is 512 g/mol. The highest BCUT2D eigenvalue weighted by molar-refractivity contribution is 5.78. The number of ether oxygens (including phenoxy) is 2. The van der Waals surface area contributed by atoms with Crippen LogP contribution in [-0.4, -0.2) is 81.3 Å². The second kappa shape index (κ2) is 24.9. The van der Waals surface area contributed by atoms with Gasteiger partial charge >= 0.3 is 0 Å². The molecule has 0 spiro atoms. The van der Waals surface area contributed by atoms with Crippen LogP contribution in [0.1, 0.15) is 148 Å². The molecule has 0 aromatic rings. The molecule has 8 nitrogen and oxygen atoms in total. The number of hydrogen-bond acceptors (Lipinski definition) is 8. The van der Waals surface area contributed by atoms with Crippen LogP contribution >= 0.6 is 0 Å². The first kappa shape index (κ1) is 37.4. The molecule has 1 saturated heterocycles. The molecule has 8 heteroatoms. The van der Waals surface area contributed by atoms with Gasteiger partial charge in [-0.2, -0.15) is 0 Å². The summed E-state index contributed by atoms with van der Waals surface area (Å²) in [5.74, 6) is 0.101. The maximum Gasteiger partial charge on any atom is 0.186 e. The highest BCUT2D eigenvalue weighted by atomic mass is 16.7. The van der Waals surface area contributed by atoms with Crippen molar-refractivity contribution >= 4 is 5.78 Å². The number of rotatable bonds is 27. The van der Waals surface area contributed by atoms with Crippen LogP contribution in [0.4, 0.5) is 0 Å². The van der Waals surface area contributed by atoms with Crippen LogP contribution in [0.15, 0.2) is 0 Å². The average molecular weight is 575 g/mol. The molecule has 0 aliphatic carbocycles. The van der Waals surface area contributed by atoms with Gasteiger partial charge in [0, 0.05) is 12.8 Å². The van der Waals surface area contributed by atoms with Crippen molar-refractivity contribution in [3.8, 4) is 0 Å². The topological polar surface area (TPSA) is 137 Å². The van der Waals surface area contributed by atoms with Crippen molar-refractivity contribution in [2.24, 2.45) is 0 Å². The van der Waals surface area contributed by atoms with Crippen molar-refractivity contribution in [1.29, 1.82) is 0 Å². The van der Waals surface area contributed by atoms with E-state index < -0.39 is 37.3 Å². The van der Waals surface area contributed by atoms with Crippen LogP contribution in [0, 0.1) is 0 Å². The van der Waals surface area contributed by atoms with Gasteiger partial charge in [0.2, 0.25) is 0 Å². The van der Waals surface area contributed by atoms with E-state index in [1.165, 1.54) is 103 Å². The summed E-state index contributed by atoms with van der Waals surface area (Å²) >= 11 is 0. The molecule has 6 unspecified atom stereocenters. The van der Waals surface area contributed by atoms with Gasteiger partial charge in [0.05, 0.1) is 19.3 Å². The molecule has 1 heterocycles. The van der Waals surface area contributed by atoms with E-state index in [-0.39, 0.29) is 24.9 Å². The molecule has 1 aliphatic rings. The van der Waals surface area contributed by atoms with Gasteiger partial charge in [-0.05, 0) is 19.8 Å². The summed E-state index contributed by atoms with van der Waals surface area (Å²) in [6.45, 7) is 1.44. The molecule has 0 amide bonds. The summed E-state index contributed by atoms with van der Waals surface area (Å²) in [7, 11) is 0. The molecule has 238 valence electrons. The van der Waals surface area contributed by atoms with Crippen molar-refractivity contribution in [3.05, 3.63) is 0 Å². The summed E-state index contributed by atoms with van der Waals surface area (Å²) < 4.78 is 10.7. The largest absolute Gasteiger partial charge is 0.394 e. The van der Waals surface area contributed by atoms with Gasteiger partial charge in [0.1, 0.15) is 30.2 Å². The lowest BCUT2D eigenvalue weighted by atomic mass is 9.99. The molecule has 40 heavy (non-hydrogen) atoms. The molecule has 0 aromatic heterocycles. The predicted octanol–water partition coefficient (Wildman–Crippen LogP) is 5.34. The Morgan fingerprint density at radius 3 is 1.50 bits per heavy atom. The second-order valence-corrected chi connectivity index (χ2v) is 12.0. The Morgan fingerprint density at radius 2 is 1.07 bits per heavy atom. The maximum absolute atomic E-state index is 12.1. The molecule has 1 rings (SSSR count). The van der Waals surface area contributed by atoms with E-state index in [0.29, 0.717) is 6.42 Å². The number of unbranched alkanes of at least 4 members (excludes halogenated alkanes) is 18. The Balaban J connectivity index is 1.80. The number of hydrogen-bond donors (Lipinski definition) is 5. The highest BCUT2D eigenvalue weighted by Gasteiger charge is 2.43. The number of carbonyl (C=O) groups is 1. The second-order valence-electron chi connectivity index (χ2n) is 12.0. The summed E-state index contributed by atoms with van der Waals surface area (Å²) in [5, 5.41) is 48.0. The Labute approximate surface area is 243 Å². The van der Waals surface area contributed by atoms with E-state index in [9.17, 15) is 30.3 Å². The fourth-order valence-corrected chi connectivity index (χ4v) is 5.39. The smallest absolute Gasteiger partial charge is 0.186 e. The first-order chi connectivity index (χ1) is 19.4. The molecular formula is C32H62O8. The van der Waals surface area contributed by atoms with Crippen LogP contribution in [-0.2, 0) is 14.3 Å². The van der Waals surface area contributed by atoms with Crippen LogP contribution in [0.2, 0.25) is 0 Å². The summed E-state index contributed by atoms with van der Waals surface area (Å²) in [6, 6.07) is 0. The fraction of sp³-hybridized carbons (Fsp3) is 0.969. The third-order valence-electron chi connectivity index (χ3n) is 8.09. The molecule has 0 saturated carbocycles. The van der Waals surface area contributed by atoms with Crippen LogP contribution < -0.4 is 0 Å². The summed E-state index contributed by atoms with van der Waals surface area (Å²) in [5.41, 5.74) is 0. The van der Waals surface area contributed by atoms with E-state index in [4.69, 9.17) is 9.47 Å². The van der Waals surface area contributed by atoms with Gasteiger partial charge in [-0.1, -0.05) is 116 Å². The SMILES string of the molecule is CC(O)CCCCCCCCCCCCCCCCCCCCCC(=O)CCOC1OC(CO)C(O)C(O)C1O. The number of Topliss-reactive ketones (excluding diaryl/α,β-unsaturated/α-hetero) is 1. The van der Waals surface area contributed by atoms with Gasteiger partial charge in [0.25, 0.3) is 0 Å². The predicted molar refractivity (Wildman–Crippen MR) is 158 cm³/mol. The lowest BCUT2D eigenvalue weighted by Crippen LogP contribution is -2.59. The maximum atomic E-state index is 12.1. The van der Waals surface area contributed by atoms with Crippen molar-refractivity contribution in [1.82, 2.24) is 0 Å². The molecule has 0 radical (unpaired) electrons. The number of aliphatic hydroxyl groups excluding tert-OH is 5. The molecule has 1 fully saturated rings. The van der Waals surface area contributed by atoms with E-state index in [1.54, 1.807) is 0 Å². The number of carbonyl (C=O) groups excluding carboxylic acids is 1. The van der Waals surface area contributed by atoms with Crippen LogP contribution in [0.25, 0.3) is 0 Å². The molecule has 5 N–H and O–H groups in total. The summed E-state index contributed by atoms with van der Waals surface area (Å²) in [6.07, 6.45) is 19.4. The number of ketones is 1. The van der Waals surface area contributed by atoms with Gasteiger partial charge in [-0.25, -0.2) is 0 Å². The minimum Gasteiger partial charge on any atom is -0.394 e. The quantitative estimate of drug-likeness (QED) is 0.0830. The van der Waals surface area contributed by atoms with Crippen molar-refractivity contribution < 1.29 is 39.8 Å². The zero-order chi connectivity index (χ0) is 29.4. The normalized spacial score (nSPS) is 23.9. The van der Waals surface area contributed by atoms with Gasteiger partial charge < -0.3 is 35.0 Å². The van der Waals surface area contributed by atoms with Crippen molar-refractivity contribution in [3.63, 3.8) is 0 Å². The van der Waals surface area contributed by atoms with E-state index in [2.05, 4.69) is 0 Å². The minimum atomic E-state index is -1.47. The van der Waals surface area contributed by atoms with E-state index in [1.807, 2.05) is 6.92 Å².